The van der Waals surface area contributed by atoms with Crippen LogP contribution < -0.4 is 38.9 Å². The Labute approximate surface area is 197 Å². The van der Waals surface area contributed by atoms with Gasteiger partial charge >= 0.3 is 11.9 Å². The first-order valence-electron chi connectivity index (χ1n) is 10.8. The summed E-state index contributed by atoms with van der Waals surface area (Å²) in [4.78, 5) is 63.4. The largest absolute Gasteiger partial charge is 0.481 e. The molecule has 34 heavy (non-hydrogen) atoms. The Morgan fingerprint density at radius 1 is 0.853 bits per heavy atom. The minimum absolute atomic E-state index is 0.111. The zero-order valence-electron chi connectivity index (χ0n) is 19.2. The third-order valence-corrected chi connectivity index (χ3v) is 4.63. The number of unbranched alkanes of at least 4 members (excludes halogenated alkanes) is 1. The van der Waals surface area contributed by atoms with Gasteiger partial charge in [-0.05, 0) is 45.6 Å². The van der Waals surface area contributed by atoms with Crippen molar-refractivity contribution >= 4 is 35.6 Å². The Kier molecular flexibility index (Phi) is 14.6. The molecule has 0 bridgehead atoms. The van der Waals surface area contributed by atoms with Crippen molar-refractivity contribution in [1.82, 2.24) is 16.0 Å². The van der Waals surface area contributed by atoms with Crippen LogP contribution in [0.1, 0.15) is 45.4 Å². The average Bonchev–Trinajstić information content (AvgIpc) is 2.74. The van der Waals surface area contributed by atoms with Gasteiger partial charge in [-0.15, -0.1) is 0 Å². The monoisotopic (exact) mass is 488 g/mol. The van der Waals surface area contributed by atoms with E-state index in [0.29, 0.717) is 25.8 Å². The number of rotatable bonds is 17. The first-order chi connectivity index (χ1) is 15.9. The second-order valence-electron chi connectivity index (χ2n) is 7.63. The molecule has 0 rings (SSSR count). The van der Waals surface area contributed by atoms with Crippen molar-refractivity contribution in [3.8, 4) is 0 Å². The van der Waals surface area contributed by atoms with Gasteiger partial charge in [0.25, 0.3) is 0 Å². The fourth-order valence-electron chi connectivity index (χ4n) is 2.74. The van der Waals surface area contributed by atoms with Crippen LogP contribution in [0.15, 0.2) is 4.99 Å². The van der Waals surface area contributed by atoms with Gasteiger partial charge in [-0.2, -0.15) is 0 Å². The van der Waals surface area contributed by atoms with E-state index in [4.69, 9.17) is 28.0 Å². The number of carbonyl (C=O) groups is 5. The van der Waals surface area contributed by atoms with E-state index in [9.17, 15) is 29.1 Å². The number of carboxylic acids is 2. The third-order valence-electron chi connectivity index (χ3n) is 4.63. The zero-order chi connectivity index (χ0) is 26.3. The first kappa shape index (κ1) is 30.5. The molecule has 0 aliphatic heterocycles. The predicted octanol–water partition coefficient (Wildman–Crippen LogP) is -3.47. The van der Waals surface area contributed by atoms with Crippen molar-refractivity contribution < 1.29 is 34.2 Å². The van der Waals surface area contributed by atoms with Gasteiger partial charge in [0.1, 0.15) is 18.1 Å². The van der Waals surface area contributed by atoms with Crippen LogP contribution in [0.25, 0.3) is 0 Å². The second-order valence-corrected chi connectivity index (χ2v) is 7.63. The Morgan fingerprint density at radius 3 is 2.00 bits per heavy atom. The van der Waals surface area contributed by atoms with Crippen molar-refractivity contribution in [3.05, 3.63) is 0 Å². The van der Waals surface area contributed by atoms with E-state index in [1.165, 1.54) is 6.92 Å². The van der Waals surface area contributed by atoms with E-state index in [1.54, 1.807) is 0 Å². The molecule has 0 saturated carbocycles. The van der Waals surface area contributed by atoms with Crippen molar-refractivity contribution in [2.24, 2.45) is 27.9 Å². The number of hydrogen-bond acceptors (Lipinski definition) is 8. The van der Waals surface area contributed by atoms with E-state index < -0.39 is 60.2 Å². The topological polar surface area (TPSA) is 278 Å². The minimum atomic E-state index is -1.51. The number of amides is 3. The van der Waals surface area contributed by atoms with Gasteiger partial charge in [-0.3, -0.25) is 24.2 Å². The number of aliphatic imine (C=N–C) groups is 1. The molecule has 0 heterocycles. The smallest absolute Gasteiger partial charge is 0.326 e. The van der Waals surface area contributed by atoms with Crippen LogP contribution in [0, 0.1) is 0 Å². The van der Waals surface area contributed by atoms with Crippen LogP contribution in [-0.4, -0.2) is 83.1 Å². The number of nitrogens with two attached hydrogens (primary N) is 4. The summed E-state index contributed by atoms with van der Waals surface area (Å²) in [5, 5.41) is 25.2. The maximum Gasteiger partial charge on any atom is 0.326 e. The molecule has 0 aromatic heterocycles. The van der Waals surface area contributed by atoms with Crippen LogP contribution in [0.2, 0.25) is 0 Å². The first-order valence-corrected chi connectivity index (χ1v) is 10.8. The number of carboxylic acid groups (broad SMARTS) is 2. The van der Waals surface area contributed by atoms with Crippen LogP contribution in [0.4, 0.5) is 0 Å². The highest BCUT2D eigenvalue weighted by Crippen LogP contribution is 2.03. The van der Waals surface area contributed by atoms with Crippen molar-refractivity contribution in [3.63, 3.8) is 0 Å². The molecule has 0 spiro atoms. The van der Waals surface area contributed by atoms with Crippen LogP contribution in [0.5, 0.6) is 0 Å². The quantitative estimate of drug-likeness (QED) is 0.0550. The van der Waals surface area contributed by atoms with Gasteiger partial charge in [-0.1, -0.05) is 0 Å². The van der Waals surface area contributed by atoms with E-state index in [-0.39, 0.29) is 25.3 Å². The lowest BCUT2D eigenvalue weighted by molar-refractivity contribution is -0.143. The Balaban J connectivity index is 4.97. The van der Waals surface area contributed by atoms with Crippen molar-refractivity contribution in [1.29, 1.82) is 0 Å². The number of guanidine groups is 1. The predicted molar refractivity (Wildman–Crippen MR) is 122 cm³/mol. The van der Waals surface area contributed by atoms with Crippen molar-refractivity contribution in [2.45, 2.75) is 69.6 Å². The number of carbonyl (C=O) groups excluding carboxylic acids is 3. The standard InChI is InChI=1S/C19H36N8O7/c1-10(15(30)26-12(18(33)34)6-2-3-7-20)25-17(32)13(9-14(28)29)27-16(31)11(21)5-4-8-24-19(22)23/h10-13H,2-9,20-21H2,1H3,(H,25,32)(H,26,30)(H,27,31)(H,28,29)(H,33,34)(H4,22,23,24). The molecular weight excluding hydrogens is 452 g/mol. The van der Waals surface area contributed by atoms with E-state index in [0.717, 1.165) is 0 Å². The SMILES string of the molecule is CC(NC(=O)C(CC(=O)O)NC(=O)C(N)CCCN=C(N)N)C(=O)NC(CCCCN)C(=O)O. The highest BCUT2D eigenvalue weighted by atomic mass is 16.4. The summed E-state index contributed by atoms with van der Waals surface area (Å²) < 4.78 is 0. The molecule has 194 valence electrons. The van der Waals surface area contributed by atoms with E-state index >= 15 is 0 Å². The molecule has 0 aliphatic carbocycles. The van der Waals surface area contributed by atoms with Gasteiger partial charge < -0.3 is 49.1 Å². The summed E-state index contributed by atoms with van der Waals surface area (Å²) in [5.41, 5.74) is 21.5. The van der Waals surface area contributed by atoms with E-state index in [2.05, 4.69) is 20.9 Å². The Bertz CT molecular complexity index is 742. The Hall–Kier alpha value is -3.46. The molecular formula is C19H36N8O7. The molecule has 0 radical (unpaired) electrons. The maximum absolute atomic E-state index is 12.5. The third kappa shape index (κ3) is 13.2. The van der Waals surface area contributed by atoms with Crippen molar-refractivity contribution in [2.75, 3.05) is 13.1 Å². The Morgan fingerprint density at radius 2 is 1.47 bits per heavy atom. The average molecular weight is 489 g/mol. The molecule has 3 amide bonds. The summed E-state index contributed by atoms with van der Waals surface area (Å²) in [6.45, 7) is 1.91. The maximum atomic E-state index is 12.5. The summed E-state index contributed by atoms with van der Waals surface area (Å²) in [5.74, 6) is -5.22. The second kappa shape index (κ2) is 16.2. The summed E-state index contributed by atoms with van der Waals surface area (Å²) >= 11 is 0. The highest BCUT2D eigenvalue weighted by molar-refractivity contribution is 5.95. The number of hydrogen-bond donors (Lipinski definition) is 9. The summed E-state index contributed by atoms with van der Waals surface area (Å²) in [7, 11) is 0. The minimum Gasteiger partial charge on any atom is -0.481 e. The van der Waals surface area contributed by atoms with Gasteiger partial charge in [-0.25, -0.2) is 4.79 Å². The molecule has 4 atom stereocenters. The molecule has 0 fully saturated rings. The molecule has 0 aromatic carbocycles. The molecule has 0 aromatic rings. The van der Waals surface area contributed by atoms with Crippen LogP contribution in [0.3, 0.4) is 0 Å². The van der Waals surface area contributed by atoms with Crippen LogP contribution in [-0.2, 0) is 24.0 Å². The molecule has 15 nitrogen and oxygen atoms in total. The van der Waals surface area contributed by atoms with Gasteiger partial charge in [0.05, 0.1) is 12.5 Å². The lowest BCUT2D eigenvalue weighted by Crippen LogP contribution is -2.56. The molecule has 0 aliphatic rings. The zero-order valence-corrected chi connectivity index (χ0v) is 19.2. The lowest BCUT2D eigenvalue weighted by atomic mass is 10.1. The molecule has 4 unspecified atom stereocenters. The van der Waals surface area contributed by atoms with Gasteiger partial charge in [0.2, 0.25) is 17.7 Å². The molecule has 13 N–H and O–H groups in total. The van der Waals surface area contributed by atoms with E-state index in [1.807, 2.05) is 0 Å². The van der Waals surface area contributed by atoms with Gasteiger partial charge in [0, 0.05) is 6.54 Å². The fourth-order valence-corrected chi connectivity index (χ4v) is 2.74. The van der Waals surface area contributed by atoms with Crippen LogP contribution >= 0.6 is 0 Å². The number of nitrogens with zero attached hydrogens (tertiary/aromatic N) is 1. The highest BCUT2D eigenvalue weighted by Gasteiger charge is 2.29. The normalized spacial score (nSPS) is 14.1. The molecule has 0 saturated heterocycles. The fraction of sp³-hybridized carbons (Fsp3) is 0.684. The number of nitrogens with one attached hydrogen (secondary N) is 3. The van der Waals surface area contributed by atoms with Gasteiger partial charge in [0.15, 0.2) is 5.96 Å². The summed E-state index contributed by atoms with van der Waals surface area (Å²) in [6, 6.07) is -4.94. The summed E-state index contributed by atoms with van der Waals surface area (Å²) in [6.07, 6.45) is 0.993. The molecule has 15 heteroatoms. The lowest BCUT2D eigenvalue weighted by Gasteiger charge is -2.22. The number of aliphatic carboxylic acids is 2.